The molecular weight excluding hydrogens is 232 g/mol. The predicted octanol–water partition coefficient (Wildman–Crippen LogP) is 4.89. The summed E-state index contributed by atoms with van der Waals surface area (Å²) >= 11 is 5.54. The van der Waals surface area contributed by atoms with E-state index in [-0.39, 0.29) is 5.24 Å². The molecule has 0 aliphatic rings. The summed E-state index contributed by atoms with van der Waals surface area (Å²) in [7, 11) is 0. The zero-order valence-corrected chi connectivity index (χ0v) is 11.5. The quantitative estimate of drug-likeness (QED) is 0.499. The lowest BCUT2D eigenvalue weighted by Crippen LogP contribution is -1.98. The molecule has 0 heterocycles. The minimum absolute atomic E-state index is 0.352. The number of benzene rings is 1. The van der Waals surface area contributed by atoms with Crippen LogP contribution in [-0.2, 0) is 6.42 Å². The summed E-state index contributed by atoms with van der Waals surface area (Å²) in [6.45, 7) is 4.21. The number of aryl methyl sites for hydroxylation is 1. The van der Waals surface area contributed by atoms with Crippen molar-refractivity contribution in [2.24, 2.45) is 0 Å². The van der Waals surface area contributed by atoms with Crippen molar-refractivity contribution in [3.63, 3.8) is 0 Å². The first-order valence-electron chi connectivity index (χ1n) is 6.45. The van der Waals surface area contributed by atoms with E-state index in [0.29, 0.717) is 5.56 Å². The first-order valence-corrected chi connectivity index (χ1v) is 6.83. The van der Waals surface area contributed by atoms with Crippen molar-refractivity contribution < 1.29 is 4.79 Å². The topological polar surface area (TPSA) is 17.1 Å². The van der Waals surface area contributed by atoms with E-state index in [1.165, 1.54) is 37.7 Å². The summed E-state index contributed by atoms with van der Waals surface area (Å²) in [5.74, 6) is 0. The minimum atomic E-state index is -0.352. The summed E-state index contributed by atoms with van der Waals surface area (Å²) in [5, 5.41) is -0.352. The van der Waals surface area contributed by atoms with Crippen molar-refractivity contribution in [2.45, 2.75) is 52.4 Å². The van der Waals surface area contributed by atoms with Crippen LogP contribution < -0.4 is 0 Å². The molecule has 0 radical (unpaired) electrons. The van der Waals surface area contributed by atoms with Gasteiger partial charge in [0.2, 0.25) is 0 Å². The lowest BCUT2D eigenvalue weighted by molar-refractivity contribution is 0.108. The lowest BCUT2D eigenvalue weighted by atomic mass is 9.98. The van der Waals surface area contributed by atoms with Crippen LogP contribution in [0.2, 0.25) is 0 Å². The molecule has 0 atom stereocenters. The van der Waals surface area contributed by atoms with Crippen LogP contribution in [0.5, 0.6) is 0 Å². The molecule has 0 spiro atoms. The van der Waals surface area contributed by atoms with E-state index in [9.17, 15) is 4.79 Å². The van der Waals surface area contributed by atoms with Crippen LogP contribution in [0.15, 0.2) is 18.2 Å². The van der Waals surface area contributed by atoms with Gasteiger partial charge >= 0.3 is 0 Å². The Morgan fingerprint density at radius 2 is 1.88 bits per heavy atom. The normalized spacial score (nSPS) is 10.5. The smallest absolute Gasteiger partial charge is 0.252 e. The maximum absolute atomic E-state index is 11.2. The second-order valence-corrected chi connectivity index (χ2v) is 4.87. The van der Waals surface area contributed by atoms with Gasteiger partial charge in [-0.3, -0.25) is 4.79 Å². The van der Waals surface area contributed by atoms with Crippen LogP contribution in [0, 0.1) is 6.92 Å². The van der Waals surface area contributed by atoms with Gasteiger partial charge in [-0.15, -0.1) is 0 Å². The fraction of sp³-hybridized carbons (Fsp3) is 0.533. The number of carbonyl (C=O) groups excluding carboxylic acids is 1. The Kier molecular flexibility index (Phi) is 6.28. The monoisotopic (exact) mass is 252 g/mol. The number of unbranched alkanes of at least 4 members (excludes halogenated alkanes) is 4. The summed E-state index contributed by atoms with van der Waals surface area (Å²) < 4.78 is 0. The molecular formula is C15H21ClO. The number of hydrogen-bond donors (Lipinski definition) is 0. The molecule has 94 valence electrons. The van der Waals surface area contributed by atoms with Crippen molar-refractivity contribution in [1.82, 2.24) is 0 Å². The van der Waals surface area contributed by atoms with E-state index >= 15 is 0 Å². The Morgan fingerprint density at radius 1 is 1.18 bits per heavy atom. The molecule has 0 saturated carbocycles. The van der Waals surface area contributed by atoms with Gasteiger partial charge < -0.3 is 0 Å². The van der Waals surface area contributed by atoms with E-state index in [1.807, 2.05) is 13.0 Å². The average molecular weight is 253 g/mol. The van der Waals surface area contributed by atoms with Crippen LogP contribution in [0.25, 0.3) is 0 Å². The van der Waals surface area contributed by atoms with Gasteiger partial charge in [-0.1, -0.05) is 44.7 Å². The summed E-state index contributed by atoms with van der Waals surface area (Å²) in [4.78, 5) is 11.2. The Balaban J connectivity index is 2.54. The summed E-state index contributed by atoms with van der Waals surface area (Å²) in [6, 6.07) is 5.81. The van der Waals surface area contributed by atoms with Gasteiger partial charge in [-0.2, -0.15) is 0 Å². The molecule has 1 aromatic rings. The largest absolute Gasteiger partial charge is 0.276 e. The van der Waals surface area contributed by atoms with Gasteiger partial charge in [0, 0.05) is 5.56 Å². The number of rotatable bonds is 7. The molecule has 0 aromatic heterocycles. The summed E-state index contributed by atoms with van der Waals surface area (Å²) in [6.07, 6.45) is 7.42. The van der Waals surface area contributed by atoms with Crippen molar-refractivity contribution in [2.75, 3.05) is 0 Å². The molecule has 1 rings (SSSR count). The molecule has 0 saturated heterocycles. The van der Waals surface area contributed by atoms with E-state index < -0.39 is 0 Å². The van der Waals surface area contributed by atoms with Crippen LogP contribution >= 0.6 is 11.6 Å². The molecule has 0 fully saturated rings. The Morgan fingerprint density at radius 3 is 2.53 bits per heavy atom. The van der Waals surface area contributed by atoms with Crippen molar-refractivity contribution in [3.05, 3.63) is 34.9 Å². The lowest BCUT2D eigenvalue weighted by Gasteiger charge is -2.08. The van der Waals surface area contributed by atoms with Gasteiger partial charge in [0.1, 0.15) is 0 Å². The zero-order chi connectivity index (χ0) is 12.7. The van der Waals surface area contributed by atoms with Crippen LogP contribution in [-0.4, -0.2) is 5.24 Å². The molecule has 0 aliphatic carbocycles. The first kappa shape index (κ1) is 14.2. The van der Waals surface area contributed by atoms with Crippen molar-refractivity contribution >= 4 is 16.8 Å². The maximum Gasteiger partial charge on any atom is 0.252 e. The van der Waals surface area contributed by atoms with E-state index in [2.05, 4.69) is 13.0 Å². The number of carbonyl (C=O) groups is 1. The molecule has 0 N–H and O–H groups in total. The molecule has 2 heteroatoms. The highest BCUT2D eigenvalue weighted by atomic mass is 35.5. The second-order valence-electron chi connectivity index (χ2n) is 4.53. The summed E-state index contributed by atoms with van der Waals surface area (Å²) in [5.41, 5.74) is 2.95. The van der Waals surface area contributed by atoms with Crippen molar-refractivity contribution in [1.29, 1.82) is 0 Å². The first-order chi connectivity index (χ1) is 8.16. The van der Waals surface area contributed by atoms with E-state index in [0.717, 1.165) is 12.0 Å². The second kappa shape index (κ2) is 7.50. The molecule has 1 nitrogen and oxygen atoms in total. The van der Waals surface area contributed by atoms with Crippen molar-refractivity contribution in [3.8, 4) is 0 Å². The highest BCUT2D eigenvalue weighted by Gasteiger charge is 2.08. The molecule has 0 amide bonds. The third-order valence-electron chi connectivity index (χ3n) is 3.21. The van der Waals surface area contributed by atoms with E-state index in [4.69, 9.17) is 11.6 Å². The predicted molar refractivity (Wildman–Crippen MR) is 73.8 cm³/mol. The van der Waals surface area contributed by atoms with Crippen LogP contribution in [0.1, 0.15) is 60.5 Å². The van der Waals surface area contributed by atoms with Gasteiger partial charge in [0.15, 0.2) is 0 Å². The molecule has 17 heavy (non-hydrogen) atoms. The van der Waals surface area contributed by atoms with Gasteiger partial charge in [-0.05, 0) is 48.6 Å². The van der Waals surface area contributed by atoms with Gasteiger partial charge in [-0.25, -0.2) is 0 Å². The zero-order valence-electron chi connectivity index (χ0n) is 10.8. The van der Waals surface area contributed by atoms with Crippen LogP contribution in [0.3, 0.4) is 0 Å². The maximum atomic E-state index is 11.2. The Bertz CT molecular complexity index is 371. The molecule has 1 aromatic carbocycles. The number of hydrogen-bond acceptors (Lipinski definition) is 1. The average Bonchev–Trinajstić information content (AvgIpc) is 2.30. The van der Waals surface area contributed by atoms with Gasteiger partial charge in [0.05, 0.1) is 0 Å². The fourth-order valence-electron chi connectivity index (χ4n) is 2.09. The molecule has 0 aliphatic heterocycles. The van der Waals surface area contributed by atoms with E-state index in [1.54, 1.807) is 6.07 Å². The van der Waals surface area contributed by atoms with Crippen LogP contribution in [0.4, 0.5) is 0 Å². The Labute approximate surface area is 109 Å². The standard InChI is InChI=1S/C15H21ClO/c1-3-4-5-6-7-9-13-10-8-11-14(12(13)2)15(16)17/h8,10-11H,3-7,9H2,1-2H3. The third-order valence-corrected chi connectivity index (χ3v) is 3.41. The molecule has 0 unspecified atom stereocenters. The highest BCUT2D eigenvalue weighted by Crippen LogP contribution is 2.18. The third kappa shape index (κ3) is 4.51. The number of halogens is 1. The SMILES string of the molecule is CCCCCCCc1cccc(C(=O)Cl)c1C. The highest BCUT2D eigenvalue weighted by molar-refractivity contribution is 6.67. The van der Waals surface area contributed by atoms with Gasteiger partial charge in [0.25, 0.3) is 5.24 Å². The Hall–Kier alpha value is -0.820. The minimum Gasteiger partial charge on any atom is -0.276 e. The fourth-order valence-corrected chi connectivity index (χ4v) is 2.29. The molecule has 0 bridgehead atoms.